The van der Waals surface area contributed by atoms with Crippen molar-refractivity contribution >= 4 is 11.0 Å². The number of halogens is 4. The van der Waals surface area contributed by atoms with Crippen molar-refractivity contribution in [2.24, 2.45) is 0 Å². The number of rotatable bonds is 3. The average molecular weight is 376 g/mol. The third kappa shape index (κ3) is 3.07. The number of aryl methyl sites for hydroxylation is 1. The second-order valence-electron chi connectivity index (χ2n) is 5.92. The minimum absolute atomic E-state index is 0.131. The molecular weight excluding hydrogens is 364 g/mol. The number of nitrogens with zero attached hydrogens (tertiary/aromatic N) is 2. The molecule has 2 aromatic carbocycles. The Hall–Kier alpha value is -3.16. The van der Waals surface area contributed by atoms with E-state index in [1.165, 1.54) is 0 Å². The first-order valence-corrected chi connectivity index (χ1v) is 8.09. The van der Waals surface area contributed by atoms with Crippen LogP contribution in [0.5, 0.6) is 0 Å². The molecule has 4 nitrogen and oxygen atoms in total. The lowest BCUT2D eigenvalue weighted by Crippen LogP contribution is -2.05. The number of furan rings is 1. The van der Waals surface area contributed by atoms with E-state index in [1.807, 2.05) is 31.2 Å². The smallest absolute Gasteiger partial charge is 0.417 e. The lowest BCUT2D eigenvalue weighted by atomic mass is 10.1. The molecule has 0 saturated heterocycles. The summed E-state index contributed by atoms with van der Waals surface area (Å²) in [5.41, 5.74) is 0.311. The van der Waals surface area contributed by atoms with E-state index in [-0.39, 0.29) is 17.5 Å². The predicted octanol–water partition coefficient (Wildman–Crippen LogP) is 5.87. The summed E-state index contributed by atoms with van der Waals surface area (Å²) in [6, 6.07) is 9.90. The molecule has 27 heavy (non-hydrogen) atoms. The maximum Gasteiger partial charge on any atom is 0.417 e. The van der Waals surface area contributed by atoms with Gasteiger partial charge in [0.05, 0.1) is 5.56 Å². The molecule has 2 aromatic heterocycles. The highest BCUT2D eigenvalue weighted by molar-refractivity contribution is 5.86. The van der Waals surface area contributed by atoms with Crippen molar-refractivity contribution in [1.82, 2.24) is 10.1 Å². The summed E-state index contributed by atoms with van der Waals surface area (Å²) in [7, 11) is 0. The molecule has 0 fully saturated rings. The van der Waals surface area contributed by atoms with Crippen LogP contribution in [0.2, 0.25) is 0 Å². The van der Waals surface area contributed by atoms with Crippen molar-refractivity contribution in [2.75, 3.05) is 0 Å². The number of hydrogen-bond donors (Lipinski definition) is 0. The highest BCUT2D eigenvalue weighted by Crippen LogP contribution is 2.39. The van der Waals surface area contributed by atoms with Crippen LogP contribution in [0.15, 0.2) is 51.4 Å². The average Bonchev–Trinajstić information content (AvgIpc) is 3.28. The van der Waals surface area contributed by atoms with Crippen molar-refractivity contribution in [3.8, 4) is 23.0 Å². The molecule has 0 aliphatic rings. The minimum atomic E-state index is -4.64. The third-order valence-electron chi connectivity index (χ3n) is 4.20. The van der Waals surface area contributed by atoms with Gasteiger partial charge in [-0.2, -0.15) is 18.2 Å². The lowest BCUT2D eigenvalue weighted by Gasteiger charge is -2.06. The number of alkyl halides is 3. The molecule has 0 radical (unpaired) electrons. The molecule has 0 unspecified atom stereocenters. The Bertz CT molecular complexity index is 1110. The number of benzene rings is 2. The molecule has 4 rings (SSSR count). The minimum Gasteiger partial charge on any atom is -0.448 e. The van der Waals surface area contributed by atoms with E-state index in [0.29, 0.717) is 17.7 Å². The first-order chi connectivity index (χ1) is 12.9. The molecule has 0 aliphatic heterocycles. The summed E-state index contributed by atoms with van der Waals surface area (Å²) in [5, 5.41) is 3.42. The van der Waals surface area contributed by atoms with Crippen molar-refractivity contribution in [3.05, 3.63) is 59.4 Å². The Balaban J connectivity index is 1.77. The van der Waals surface area contributed by atoms with Gasteiger partial charge in [0, 0.05) is 10.9 Å². The molecule has 0 aliphatic carbocycles. The van der Waals surface area contributed by atoms with Crippen molar-refractivity contribution in [2.45, 2.75) is 19.5 Å². The van der Waals surface area contributed by atoms with Crippen LogP contribution >= 0.6 is 0 Å². The summed E-state index contributed by atoms with van der Waals surface area (Å²) in [6.45, 7) is 2.03. The molecule has 8 heteroatoms. The van der Waals surface area contributed by atoms with Gasteiger partial charge in [0.1, 0.15) is 0 Å². The Labute approximate surface area is 150 Å². The molecular formula is C19H12F4N2O2. The summed E-state index contributed by atoms with van der Waals surface area (Å²) < 4.78 is 63.6. The van der Waals surface area contributed by atoms with Crippen LogP contribution in [0.3, 0.4) is 0 Å². The molecule has 0 amide bonds. The number of hydrogen-bond acceptors (Lipinski definition) is 4. The summed E-state index contributed by atoms with van der Waals surface area (Å²) in [6.07, 6.45) is -3.77. The molecule has 138 valence electrons. The van der Waals surface area contributed by atoms with E-state index in [1.54, 1.807) is 0 Å². The van der Waals surface area contributed by atoms with Gasteiger partial charge >= 0.3 is 6.18 Å². The van der Waals surface area contributed by atoms with Crippen LogP contribution in [0.1, 0.15) is 18.1 Å². The Morgan fingerprint density at radius 1 is 1.04 bits per heavy atom. The zero-order chi connectivity index (χ0) is 19.2. The van der Waals surface area contributed by atoms with Gasteiger partial charge in [-0.25, -0.2) is 4.39 Å². The molecule has 0 saturated carbocycles. The Morgan fingerprint density at radius 3 is 2.44 bits per heavy atom. The van der Waals surface area contributed by atoms with E-state index in [9.17, 15) is 17.6 Å². The molecule has 2 heterocycles. The fourth-order valence-electron chi connectivity index (χ4n) is 2.77. The van der Waals surface area contributed by atoms with Gasteiger partial charge in [0.15, 0.2) is 17.2 Å². The fraction of sp³-hybridized carbons (Fsp3) is 0.158. The summed E-state index contributed by atoms with van der Waals surface area (Å²) in [5.74, 6) is -0.915. The zero-order valence-electron chi connectivity index (χ0n) is 14.0. The van der Waals surface area contributed by atoms with Crippen LogP contribution in [-0.4, -0.2) is 10.1 Å². The summed E-state index contributed by atoms with van der Waals surface area (Å²) in [4.78, 5) is 4.15. The van der Waals surface area contributed by atoms with Crippen LogP contribution in [-0.2, 0) is 12.6 Å². The SMILES string of the molecule is CCc1ccc(-c2noc(-c3cc4c(C(F)(F)F)ccc(F)c4o3)n2)cc1. The fourth-order valence-corrected chi connectivity index (χ4v) is 2.77. The molecule has 0 bridgehead atoms. The predicted molar refractivity (Wildman–Crippen MR) is 89.3 cm³/mol. The van der Waals surface area contributed by atoms with Crippen LogP contribution < -0.4 is 0 Å². The van der Waals surface area contributed by atoms with E-state index in [4.69, 9.17) is 8.94 Å². The maximum absolute atomic E-state index is 13.9. The van der Waals surface area contributed by atoms with E-state index < -0.39 is 28.5 Å². The van der Waals surface area contributed by atoms with Gasteiger partial charge in [0.25, 0.3) is 5.89 Å². The van der Waals surface area contributed by atoms with Crippen molar-refractivity contribution in [1.29, 1.82) is 0 Å². The topological polar surface area (TPSA) is 52.1 Å². The van der Waals surface area contributed by atoms with Crippen molar-refractivity contribution in [3.63, 3.8) is 0 Å². The van der Waals surface area contributed by atoms with Crippen LogP contribution in [0.25, 0.3) is 34.0 Å². The van der Waals surface area contributed by atoms with Crippen LogP contribution in [0, 0.1) is 5.82 Å². The zero-order valence-corrected chi connectivity index (χ0v) is 14.0. The Kier molecular flexibility index (Phi) is 3.98. The van der Waals surface area contributed by atoms with Gasteiger partial charge in [0.2, 0.25) is 5.82 Å². The monoisotopic (exact) mass is 376 g/mol. The molecule has 0 atom stereocenters. The molecule has 0 spiro atoms. The van der Waals surface area contributed by atoms with Crippen molar-refractivity contribution < 1.29 is 26.5 Å². The van der Waals surface area contributed by atoms with Gasteiger partial charge in [-0.05, 0) is 30.2 Å². The third-order valence-corrected chi connectivity index (χ3v) is 4.20. The van der Waals surface area contributed by atoms with Gasteiger partial charge in [-0.3, -0.25) is 0 Å². The van der Waals surface area contributed by atoms with E-state index in [2.05, 4.69) is 10.1 Å². The van der Waals surface area contributed by atoms with E-state index in [0.717, 1.165) is 18.1 Å². The second-order valence-corrected chi connectivity index (χ2v) is 5.92. The molecule has 0 N–H and O–H groups in total. The second kappa shape index (κ2) is 6.22. The normalized spacial score (nSPS) is 12.0. The number of fused-ring (bicyclic) bond motifs is 1. The first-order valence-electron chi connectivity index (χ1n) is 8.09. The lowest BCUT2D eigenvalue weighted by molar-refractivity contribution is -0.136. The summed E-state index contributed by atoms with van der Waals surface area (Å²) >= 11 is 0. The highest BCUT2D eigenvalue weighted by Gasteiger charge is 2.34. The largest absolute Gasteiger partial charge is 0.448 e. The standard InChI is InChI=1S/C19H12F4N2O2/c1-2-10-3-5-11(6-4-10)17-24-18(27-25-17)15-9-12-13(19(21,22)23)7-8-14(20)16(12)26-15/h3-9H,2H2,1H3. The first kappa shape index (κ1) is 17.3. The quantitative estimate of drug-likeness (QED) is 0.420. The van der Waals surface area contributed by atoms with Gasteiger partial charge in [-0.1, -0.05) is 36.3 Å². The Morgan fingerprint density at radius 2 is 1.78 bits per heavy atom. The van der Waals surface area contributed by atoms with Crippen LogP contribution in [0.4, 0.5) is 17.6 Å². The maximum atomic E-state index is 13.9. The molecule has 4 aromatic rings. The van der Waals surface area contributed by atoms with E-state index >= 15 is 0 Å². The van der Waals surface area contributed by atoms with Gasteiger partial charge in [-0.15, -0.1) is 0 Å². The van der Waals surface area contributed by atoms with Gasteiger partial charge < -0.3 is 8.94 Å². The number of aromatic nitrogens is 2. The highest BCUT2D eigenvalue weighted by atomic mass is 19.4.